The van der Waals surface area contributed by atoms with Crippen molar-refractivity contribution >= 4 is 11.6 Å². The van der Waals surface area contributed by atoms with E-state index in [9.17, 15) is 4.79 Å². The van der Waals surface area contributed by atoms with Crippen LogP contribution in [-0.2, 0) is 11.4 Å². The molecule has 0 aliphatic carbocycles. The van der Waals surface area contributed by atoms with Crippen molar-refractivity contribution < 1.29 is 19.0 Å². The van der Waals surface area contributed by atoms with Crippen molar-refractivity contribution in [1.82, 2.24) is 0 Å². The summed E-state index contributed by atoms with van der Waals surface area (Å²) in [7, 11) is 0. The predicted octanol–water partition coefficient (Wildman–Crippen LogP) is 5.07. The van der Waals surface area contributed by atoms with E-state index in [4.69, 9.17) is 14.2 Å². The van der Waals surface area contributed by atoms with Gasteiger partial charge in [-0.1, -0.05) is 42.5 Å². The minimum atomic E-state index is -0.666. The molecule has 0 saturated heterocycles. The minimum Gasteiger partial charge on any atom is -0.492 e. The highest BCUT2D eigenvalue weighted by atomic mass is 16.5. The second kappa shape index (κ2) is 10.2. The first-order chi connectivity index (χ1) is 14.2. The standard InChI is InChI=1S/C24H25NO4/c1-3-27-23-12-8-7-11-22(23)25-24(26)18(2)29-21-15-13-20(14-16-21)28-17-19-9-5-4-6-10-19/h4-16,18H,3,17H2,1-2H3,(H,25,26). The highest BCUT2D eigenvalue weighted by Gasteiger charge is 2.16. The Labute approximate surface area is 171 Å². The topological polar surface area (TPSA) is 56.8 Å². The number of amides is 1. The quantitative estimate of drug-likeness (QED) is 0.553. The van der Waals surface area contributed by atoms with E-state index in [1.54, 1.807) is 25.1 Å². The summed E-state index contributed by atoms with van der Waals surface area (Å²) in [4.78, 5) is 12.5. The number of para-hydroxylation sites is 2. The third kappa shape index (κ3) is 6.01. The summed E-state index contributed by atoms with van der Waals surface area (Å²) in [5.74, 6) is 1.72. The van der Waals surface area contributed by atoms with Gasteiger partial charge in [-0.05, 0) is 55.8 Å². The van der Waals surface area contributed by atoms with Gasteiger partial charge in [0.1, 0.15) is 23.9 Å². The maximum absolute atomic E-state index is 12.5. The molecule has 0 heterocycles. The SMILES string of the molecule is CCOc1ccccc1NC(=O)C(C)Oc1ccc(OCc2ccccc2)cc1. The van der Waals surface area contributed by atoms with Crippen molar-refractivity contribution in [2.24, 2.45) is 0 Å². The summed E-state index contributed by atoms with van der Waals surface area (Å²) in [6.07, 6.45) is -0.666. The monoisotopic (exact) mass is 391 g/mol. The Bertz CT molecular complexity index is 910. The summed E-state index contributed by atoms with van der Waals surface area (Å²) in [5, 5.41) is 2.85. The lowest BCUT2D eigenvalue weighted by Gasteiger charge is -2.16. The molecule has 5 heteroatoms. The summed E-state index contributed by atoms with van der Waals surface area (Å²) in [6, 6.07) is 24.5. The normalized spacial score (nSPS) is 11.4. The fourth-order valence-electron chi connectivity index (χ4n) is 2.70. The number of ether oxygens (including phenoxy) is 3. The van der Waals surface area contributed by atoms with Crippen LogP contribution in [0.2, 0.25) is 0 Å². The van der Waals surface area contributed by atoms with Gasteiger partial charge in [0.25, 0.3) is 5.91 Å². The number of carbonyl (C=O) groups excluding carboxylic acids is 1. The Hall–Kier alpha value is -3.47. The van der Waals surface area contributed by atoms with Crippen LogP contribution in [0.5, 0.6) is 17.2 Å². The molecule has 0 aliphatic rings. The van der Waals surface area contributed by atoms with E-state index >= 15 is 0 Å². The van der Waals surface area contributed by atoms with Crippen LogP contribution in [0.25, 0.3) is 0 Å². The van der Waals surface area contributed by atoms with Crippen LogP contribution in [0.1, 0.15) is 19.4 Å². The number of benzene rings is 3. The van der Waals surface area contributed by atoms with E-state index in [1.165, 1.54) is 0 Å². The molecule has 0 radical (unpaired) electrons. The molecule has 0 spiro atoms. The van der Waals surface area contributed by atoms with Gasteiger partial charge in [0.15, 0.2) is 6.10 Å². The molecule has 29 heavy (non-hydrogen) atoms. The predicted molar refractivity (Wildman–Crippen MR) is 114 cm³/mol. The van der Waals surface area contributed by atoms with Gasteiger partial charge in [-0.3, -0.25) is 4.79 Å². The first kappa shape index (κ1) is 20.3. The molecule has 1 amide bonds. The van der Waals surface area contributed by atoms with E-state index in [1.807, 2.05) is 67.6 Å². The third-order valence-electron chi connectivity index (χ3n) is 4.20. The van der Waals surface area contributed by atoms with Crippen LogP contribution in [0.15, 0.2) is 78.9 Å². The average Bonchev–Trinajstić information content (AvgIpc) is 2.75. The molecule has 3 aromatic rings. The summed E-state index contributed by atoms with van der Waals surface area (Å²) in [6.45, 7) is 4.63. The molecule has 1 N–H and O–H groups in total. The molecule has 3 rings (SSSR count). The minimum absolute atomic E-state index is 0.249. The Morgan fingerprint density at radius 1 is 0.862 bits per heavy atom. The molecule has 0 bridgehead atoms. The van der Waals surface area contributed by atoms with Crippen LogP contribution < -0.4 is 19.5 Å². The second-order valence-corrected chi connectivity index (χ2v) is 6.42. The number of hydrogen-bond acceptors (Lipinski definition) is 4. The molecule has 5 nitrogen and oxygen atoms in total. The highest BCUT2D eigenvalue weighted by Crippen LogP contribution is 2.24. The number of rotatable bonds is 9. The zero-order valence-electron chi connectivity index (χ0n) is 16.6. The Kier molecular flexibility index (Phi) is 7.11. The van der Waals surface area contributed by atoms with E-state index in [2.05, 4.69) is 5.32 Å². The lowest BCUT2D eigenvalue weighted by molar-refractivity contribution is -0.122. The molecule has 150 valence electrons. The van der Waals surface area contributed by atoms with Gasteiger partial charge >= 0.3 is 0 Å². The van der Waals surface area contributed by atoms with Gasteiger partial charge in [0.2, 0.25) is 0 Å². The summed E-state index contributed by atoms with van der Waals surface area (Å²) in [5.41, 5.74) is 1.73. The fraction of sp³-hybridized carbons (Fsp3) is 0.208. The van der Waals surface area contributed by atoms with Gasteiger partial charge in [-0.25, -0.2) is 0 Å². The molecule has 3 aromatic carbocycles. The fourth-order valence-corrected chi connectivity index (χ4v) is 2.70. The maximum Gasteiger partial charge on any atom is 0.265 e. The first-order valence-corrected chi connectivity index (χ1v) is 9.62. The molecule has 0 saturated carbocycles. The molecule has 0 fully saturated rings. The van der Waals surface area contributed by atoms with E-state index in [-0.39, 0.29) is 5.91 Å². The highest BCUT2D eigenvalue weighted by molar-refractivity contribution is 5.95. The van der Waals surface area contributed by atoms with E-state index in [0.29, 0.717) is 30.4 Å². The van der Waals surface area contributed by atoms with Crippen LogP contribution in [0, 0.1) is 0 Å². The van der Waals surface area contributed by atoms with Crippen LogP contribution in [-0.4, -0.2) is 18.6 Å². The van der Waals surface area contributed by atoms with Gasteiger partial charge in [-0.15, -0.1) is 0 Å². The van der Waals surface area contributed by atoms with Crippen molar-refractivity contribution in [3.63, 3.8) is 0 Å². The molecular weight excluding hydrogens is 366 g/mol. The van der Waals surface area contributed by atoms with Crippen molar-refractivity contribution in [3.05, 3.63) is 84.4 Å². The van der Waals surface area contributed by atoms with E-state index in [0.717, 1.165) is 11.3 Å². The summed E-state index contributed by atoms with van der Waals surface area (Å²) < 4.78 is 17.1. The Morgan fingerprint density at radius 2 is 1.52 bits per heavy atom. The van der Waals surface area contributed by atoms with Gasteiger partial charge in [0, 0.05) is 0 Å². The summed E-state index contributed by atoms with van der Waals surface area (Å²) >= 11 is 0. The second-order valence-electron chi connectivity index (χ2n) is 6.42. The maximum atomic E-state index is 12.5. The van der Waals surface area contributed by atoms with Crippen molar-refractivity contribution in [2.45, 2.75) is 26.6 Å². The number of hydrogen-bond donors (Lipinski definition) is 1. The van der Waals surface area contributed by atoms with Crippen LogP contribution >= 0.6 is 0 Å². The lowest BCUT2D eigenvalue weighted by atomic mass is 10.2. The zero-order chi connectivity index (χ0) is 20.5. The van der Waals surface area contributed by atoms with Crippen LogP contribution in [0.4, 0.5) is 5.69 Å². The first-order valence-electron chi connectivity index (χ1n) is 9.62. The largest absolute Gasteiger partial charge is 0.492 e. The van der Waals surface area contributed by atoms with Gasteiger partial charge < -0.3 is 19.5 Å². The molecular formula is C24H25NO4. The Balaban J connectivity index is 1.53. The molecule has 0 aromatic heterocycles. The van der Waals surface area contributed by atoms with Gasteiger partial charge in [0.05, 0.1) is 12.3 Å². The lowest BCUT2D eigenvalue weighted by Crippen LogP contribution is -2.30. The van der Waals surface area contributed by atoms with Crippen molar-refractivity contribution in [2.75, 3.05) is 11.9 Å². The van der Waals surface area contributed by atoms with E-state index < -0.39 is 6.10 Å². The zero-order valence-corrected chi connectivity index (χ0v) is 16.6. The third-order valence-corrected chi connectivity index (χ3v) is 4.20. The number of anilines is 1. The molecule has 0 aliphatic heterocycles. The smallest absolute Gasteiger partial charge is 0.265 e. The number of nitrogens with one attached hydrogen (secondary N) is 1. The van der Waals surface area contributed by atoms with Gasteiger partial charge in [-0.2, -0.15) is 0 Å². The van der Waals surface area contributed by atoms with Crippen molar-refractivity contribution in [1.29, 1.82) is 0 Å². The average molecular weight is 391 g/mol. The van der Waals surface area contributed by atoms with Crippen LogP contribution in [0.3, 0.4) is 0 Å². The molecule has 1 atom stereocenters. The molecule has 1 unspecified atom stereocenters. The van der Waals surface area contributed by atoms with Crippen molar-refractivity contribution in [3.8, 4) is 17.2 Å². The number of carbonyl (C=O) groups is 1. The Morgan fingerprint density at radius 3 is 2.24 bits per heavy atom.